The quantitative estimate of drug-likeness (QED) is 0.792. The van der Waals surface area contributed by atoms with Crippen molar-refractivity contribution in [2.24, 2.45) is 7.05 Å². The molecule has 3 aromatic rings. The minimum atomic E-state index is 0.622. The summed E-state index contributed by atoms with van der Waals surface area (Å²) in [5.74, 6) is 0.622. The number of aromatic nitrogens is 4. The lowest BCUT2D eigenvalue weighted by molar-refractivity contribution is 0.746. The lowest BCUT2D eigenvalue weighted by Gasteiger charge is -2.02. The van der Waals surface area contributed by atoms with E-state index in [-0.39, 0.29) is 0 Å². The molecule has 20 heavy (non-hydrogen) atoms. The van der Waals surface area contributed by atoms with E-state index in [1.807, 2.05) is 54.3 Å². The molecule has 0 fully saturated rings. The smallest absolute Gasteiger partial charge is 0.127 e. The number of para-hydroxylation sites is 1. The molecule has 0 aliphatic carbocycles. The van der Waals surface area contributed by atoms with Crippen LogP contribution in [-0.4, -0.2) is 19.6 Å². The van der Waals surface area contributed by atoms with E-state index in [0.717, 1.165) is 29.1 Å². The Balaban J connectivity index is 2.09. The van der Waals surface area contributed by atoms with Crippen LogP contribution in [0, 0.1) is 0 Å². The minimum Gasteiger partial charge on any atom is -0.384 e. The molecule has 0 saturated carbocycles. The van der Waals surface area contributed by atoms with Gasteiger partial charge in [-0.3, -0.25) is 4.68 Å². The molecule has 0 aliphatic rings. The van der Waals surface area contributed by atoms with Gasteiger partial charge in [0.25, 0.3) is 0 Å². The van der Waals surface area contributed by atoms with E-state index < -0.39 is 0 Å². The van der Waals surface area contributed by atoms with Crippen LogP contribution < -0.4 is 5.73 Å². The second-order valence-electron chi connectivity index (χ2n) is 4.72. The third-order valence-corrected chi connectivity index (χ3v) is 3.25. The van der Waals surface area contributed by atoms with Gasteiger partial charge in [-0.2, -0.15) is 10.2 Å². The van der Waals surface area contributed by atoms with Gasteiger partial charge in [0.05, 0.1) is 17.1 Å². The first-order valence-corrected chi connectivity index (χ1v) is 6.63. The van der Waals surface area contributed by atoms with Crippen LogP contribution in [0.25, 0.3) is 16.9 Å². The van der Waals surface area contributed by atoms with E-state index >= 15 is 0 Å². The summed E-state index contributed by atoms with van der Waals surface area (Å²) in [6.45, 7) is 2.09. The molecule has 5 nitrogen and oxygen atoms in total. The van der Waals surface area contributed by atoms with E-state index in [1.165, 1.54) is 0 Å². The molecule has 0 spiro atoms. The van der Waals surface area contributed by atoms with Gasteiger partial charge in [0.2, 0.25) is 0 Å². The first kappa shape index (κ1) is 12.5. The van der Waals surface area contributed by atoms with Crippen LogP contribution >= 0.6 is 0 Å². The number of hydrogen-bond donors (Lipinski definition) is 1. The zero-order valence-corrected chi connectivity index (χ0v) is 11.6. The van der Waals surface area contributed by atoms with Gasteiger partial charge < -0.3 is 5.73 Å². The molecule has 0 atom stereocenters. The highest BCUT2D eigenvalue weighted by Gasteiger charge is 2.14. The Morgan fingerprint density at radius 2 is 1.90 bits per heavy atom. The fourth-order valence-electron chi connectivity index (χ4n) is 2.31. The number of nitrogens with two attached hydrogens (primary N) is 1. The van der Waals surface area contributed by atoms with Crippen LogP contribution in [0.3, 0.4) is 0 Å². The summed E-state index contributed by atoms with van der Waals surface area (Å²) in [6.07, 6.45) is 2.85. The summed E-state index contributed by atoms with van der Waals surface area (Å²) in [7, 11) is 1.92. The average Bonchev–Trinajstić information content (AvgIpc) is 3.02. The first-order chi connectivity index (χ1) is 9.69. The molecular formula is C15H17N5. The van der Waals surface area contributed by atoms with Crippen molar-refractivity contribution in [2.45, 2.75) is 13.3 Å². The van der Waals surface area contributed by atoms with E-state index in [9.17, 15) is 0 Å². The van der Waals surface area contributed by atoms with E-state index in [1.54, 1.807) is 4.68 Å². The van der Waals surface area contributed by atoms with E-state index in [4.69, 9.17) is 5.73 Å². The fraction of sp³-hybridized carbons (Fsp3) is 0.200. The maximum Gasteiger partial charge on any atom is 0.127 e. The monoisotopic (exact) mass is 267 g/mol. The van der Waals surface area contributed by atoms with Crippen molar-refractivity contribution >= 4 is 5.82 Å². The van der Waals surface area contributed by atoms with Crippen molar-refractivity contribution in [1.29, 1.82) is 0 Å². The van der Waals surface area contributed by atoms with Gasteiger partial charge >= 0.3 is 0 Å². The Morgan fingerprint density at radius 3 is 2.60 bits per heavy atom. The van der Waals surface area contributed by atoms with Gasteiger partial charge in [-0.05, 0) is 18.6 Å². The summed E-state index contributed by atoms with van der Waals surface area (Å²) in [4.78, 5) is 0. The number of nitrogens with zero attached hydrogens (tertiary/aromatic N) is 4. The standard InChI is InChI=1S/C15H17N5/c1-3-13-12(10-19(2)17-13)14-9-15(16)20(18-14)11-7-5-4-6-8-11/h4-10H,3,16H2,1-2H3. The van der Waals surface area contributed by atoms with Gasteiger partial charge in [-0.15, -0.1) is 0 Å². The lowest BCUT2D eigenvalue weighted by atomic mass is 10.1. The highest BCUT2D eigenvalue weighted by atomic mass is 15.3. The molecule has 0 amide bonds. The minimum absolute atomic E-state index is 0.622. The van der Waals surface area contributed by atoms with Gasteiger partial charge in [-0.25, -0.2) is 4.68 Å². The number of anilines is 1. The lowest BCUT2D eigenvalue weighted by Crippen LogP contribution is -2.01. The molecule has 2 N–H and O–H groups in total. The third kappa shape index (κ3) is 2.07. The van der Waals surface area contributed by atoms with Gasteiger partial charge in [0, 0.05) is 24.9 Å². The summed E-state index contributed by atoms with van der Waals surface area (Å²) in [6, 6.07) is 11.8. The van der Waals surface area contributed by atoms with Crippen molar-refractivity contribution in [3.05, 3.63) is 48.3 Å². The zero-order valence-electron chi connectivity index (χ0n) is 11.6. The number of rotatable bonds is 3. The zero-order chi connectivity index (χ0) is 14.1. The highest BCUT2D eigenvalue weighted by Crippen LogP contribution is 2.25. The molecule has 2 heterocycles. The number of benzene rings is 1. The Morgan fingerprint density at radius 1 is 1.15 bits per heavy atom. The third-order valence-electron chi connectivity index (χ3n) is 3.25. The van der Waals surface area contributed by atoms with Crippen LogP contribution in [0.1, 0.15) is 12.6 Å². The Hall–Kier alpha value is -2.56. The molecule has 102 valence electrons. The maximum absolute atomic E-state index is 6.08. The Labute approximate surface area is 117 Å². The van der Waals surface area contributed by atoms with Crippen molar-refractivity contribution in [1.82, 2.24) is 19.6 Å². The van der Waals surface area contributed by atoms with E-state index in [2.05, 4.69) is 17.1 Å². The molecule has 2 aromatic heterocycles. The van der Waals surface area contributed by atoms with Gasteiger partial charge in [0.15, 0.2) is 0 Å². The molecule has 0 bridgehead atoms. The fourth-order valence-corrected chi connectivity index (χ4v) is 2.31. The molecule has 0 unspecified atom stereocenters. The predicted octanol–water partition coefficient (Wildman–Crippen LogP) is 2.42. The molecule has 5 heteroatoms. The van der Waals surface area contributed by atoms with Crippen molar-refractivity contribution in [3.8, 4) is 16.9 Å². The Bertz CT molecular complexity index is 724. The van der Waals surface area contributed by atoms with Crippen molar-refractivity contribution < 1.29 is 0 Å². The summed E-state index contributed by atoms with van der Waals surface area (Å²) in [5, 5.41) is 9.05. The summed E-state index contributed by atoms with van der Waals surface area (Å²) >= 11 is 0. The van der Waals surface area contributed by atoms with Gasteiger partial charge in [-0.1, -0.05) is 25.1 Å². The Kier molecular flexibility index (Phi) is 3.02. The molecule has 1 aromatic carbocycles. The summed E-state index contributed by atoms with van der Waals surface area (Å²) in [5.41, 5.74) is 9.97. The molecule has 0 radical (unpaired) electrons. The topological polar surface area (TPSA) is 61.7 Å². The van der Waals surface area contributed by atoms with Crippen molar-refractivity contribution in [3.63, 3.8) is 0 Å². The second-order valence-corrected chi connectivity index (χ2v) is 4.72. The second kappa shape index (κ2) is 4.85. The molecule has 0 saturated heterocycles. The normalized spacial score (nSPS) is 10.9. The van der Waals surface area contributed by atoms with Crippen LogP contribution in [-0.2, 0) is 13.5 Å². The van der Waals surface area contributed by atoms with Gasteiger partial charge in [0.1, 0.15) is 5.82 Å². The van der Waals surface area contributed by atoms with E-state index in [0.29, 0.717) is 5.82 Å². The average molecular weight is 267 g/mol. The molecular weight excluding hydrogens is 250 g/mol. The molecule has 3 rings (SSSR count). The van der Waals surface area contributed by atoms with Crippen LogP contribution in [0.2, 0.25) is 0 Å². The number of aryl methyl sites for hydroxylation is 2. The SMILES string of the molecule is CCc1nn(C)cc1-c1cc(N)n(-c2ccccc2)n1. The first-order valence-electron chi connectivity index (χ1n) is 6.63. The highest BCUT2D eigenvalue weighted by molar-refractivity contribution is 5.65. The van der Waals surface area contributed by atoms with Crippen molar-refractivity contribution in [2.75, 3.05) is 5.73 Å². The number of hydrogen-bond acceptors (Lipinski definition) is 3. The van der Waals surface area contributed by atoms with Crippen LogP contribution in [0.5, 0.6) is 0 Å². The van der Waals surface area contributed by atoms with Crippen LogP contribution in [0.4, 0.5) is 5.82 Å². The predicted molar refractivity (Wildman–Crippen MR) is 79.6 cm³/mol. The van der Waals surface area contributed by atoms with Crippen LogP contribution in [0.15, 0.2) is 42.6 Å². The number of nitrogen functional groups attached to an aromatic ring is 1. The largest absolute Gasteiger partial charge is 0.384 e. The molecule has 0 aliphatic heterocycles. The summed E-state index contributed by atoms with van der Waals surface area (Å²) < 4.78 is 3.56. The maximum atomic E-state index is 6.08.